The summed E-state index contributed by atoms with van der Waals surface area (Å²) in [7, 11) is 0. The monoisotopic (exact) mass is 307 g/mol. The number of hydrogen-bond acceptors (Lipinski definition) is 5. The van der Waals surface area contributed by atoms with Gasteiger partial charge in [0.25, 0.3) is 0 Å². The predicted molar refractivity (Wildman–Crippen MR) is 90.8 cm³/mol. The fourth-order valence-corrected chi connectivity index (χ4v) is 2.89. The van der Waals surface area contributed by atoms with Crippen LogP contribution in [0.15, 0.2) is 64.4 Å². The lowest BCUT2D eigenvalue weighted by Gasteiger charge is -2.10. The van der Waals surface area contributed by atoms with E-state index in [0.717, 1.165) is 33.4 Å². The van der Waals surface area contributed by atoms with Gasteiger partial charge in [0.05, 0.1) is 5.52 Å². The number of fused-ring (bicyclic) bond motifs is 2. The second-order valence-electron chi connectivity index (χ2n) is 4.90. The van der Waals surface area contributed by atoms with Crippen LogP contribution >= 0.6 is 11.8 Å². The molecule has 5 heteroatoms. The molecule has 4 aromatic rings. The van der Waals surface area contributed by atoms with E-state index in [0.29, 0.717) is 0 Å². The molecule has 0 amide bonds. The van der Waals surface area contributed by atoms with Gasteiger partial charge in [-0.1, -0.05) is 0 Å². The molecule has 0 aliphatic heterocycles. The minimum absolute atomic E-state index is 0.787. The molecule has 4 rings (SSSR count). The summed E-state index contributed by atoms with van der Waals surface area (Å²) in [4.78, 5) is 9.83. The lowest BCUT2D eigenvalue weighted by Crippen LogP contribution is -1.92. The third kappa shape index (κ3) is 2.29. The van der Waals surface area contributed by atoms with Crippen molar-refractivity contribution in [1.82, 2.24) is 9.97 Å². The Morgan fingerprint density at radius 1 is 1.00 bits per heavy atom. The first kappa shape index (κ1) is 13.2. The number of benzene rings is 2. The van der Waals surface area contributed by atoms with Crippen molar-refractivity contribution in [3.05, 3.63) is 55.1 Å². The highest BCUT2D eigenvalue weighted by Crippen LogP contribution is 2.29. The van der Waals surface area contributed by atoms with Gasteiger partial charge in [-0.15, -0.1) is 11.8 Å². The molecule has 4 nitrogen and oxygen atoms in total. The second kappa shape index (κ2) is 5.35. The van der Waals surface area contributed by atoms with Crippen molar-refractivity contribution in [3.8, 4) is 0 Å². The first-order chi connectivity index (χ1) is 10.8. The first-order valence-electron chi connectivity index (χ1n) is 6.86. The van der Waals surface area contributed by atoms with E-state index in [1.165, 1.54) is 11.3 Å². The van der Waals surface area contributed by atoms with Crippen LogP contribution in [0.5, 0.6) is 0 Å². The van der Waals surface area contributed by atoms with Gasteiger partial charge < -0.3 is 9.73 Å². The maximum atomic E-state index is 5.27. The molecular weight excluding hydrogens is 294 g/mol. The molecule has 2 aromatic carbocycles. The average molecular weight is 307 g/mol. The van der Waals surface area contributed by atoms with Crippen molar-refractivity contribution >= 4 is 45.1 Å². The van der Waals surface area contributed by atoms with Crippen LogP contribution in [-0.2, 0) is 0 Å². The molecule has 0 atom stereocenters. The van der Waals surface area contributed by atoms with Crippen molar-refractivity contribution in [3.63, 3.8) is 0 Å². The van der Waals surface area contributed by atoms with E-state index in [4.69, 9.17) is 4.42 Å². The van der Waals surface area contributed by atoms with E-state index < -0.39 is 0 Å². The quantitative estimate of drug-likeness (QED) is 0.549. The zero-order chi connectivity index (χ0) is 14.9. The van der Waals surface area contributed by atoms with Crippen LogP contribution in [0.3, 0.4) is 0 Å². The number of aromatic nitrogens is 2. The molecule has 2 heterocycles. The molecule has 0 saturated heterocycles. The zero-order valence-electron chi connectivity index (χ0n) is 11.9. The van der Waals surface area contributed by atoms with Crippen molar-refractivity contribution in [2.45, 2.75) is 4.90 Å². The summed E-state index contributed by atoms with van der Waals surface area (Å²) in [6.45, 7) is 0. The standard InChI is InChI=1S/C17H13N3OS/c1-22-12-3-4-14-13(9-12)15(6-7-18-14)20-11-2-5-17-16(8-11)19-10-21-17/h2-10H,1H3,(H,18,20). The van der Waals surface area contributed by atoms with Crippen molar-refractivity contribution < 1.29 is 4.42 Å². The van der Waals surface area contributed by atoms with E-state index in [1.807, 2.05) is 36.5 Å². The van der Waals surface area contributed by atoms with Crippen molar-refractivity contribution in [1.29, 1.82) is 0 Å². The predicted octanol–water partition coefficient (Wildman–Crippen LogP) is 4.84. The molecule has 0 aliphatic carbocycles. The van der Waals surface area contributed by atoms with Crippen LogP contribution in [0.2, 0.25) is 0 Å². The molecule has 22 heavy (non-hydrogen) atoms. The fourth-order valence-electron chi connectivity index (χ4n) is 2.45. The highest BCUT2D eigenvalue weighted by Gasteiger charge is 2.05. The number of oxazole rings is 1. The van der Waals surface area contributed by atoms with Gasteiger partial charge in [0.1, 0.15) is 5.52 Å². The topological polar surface area (TPSA) is 51.0 Å². The maximum Gasteiger partial charge on any atom is 0.181 e. The molecule has 108 valence electrons. The molecule has 1 N–H and O–H groups in total. The van der Waals surface area contributed by atoms with Crippen LogP contribution in [0.4, 0.5) is 11.4 Å². The molecule has 0 radical (unpaired) electrons. The van der Waals surface area contributed by atoms with Crippen molar-refractivity contribution in [2.24, 2.45) is 0 Å². The molecule has 2 aromatic heterocycles. The Hall–Kier alpha value is -2.53. The molecule has 0 bridgehead atoms. The van der Waals surface area contributed by atoms with Gasteiger partial charge in [-0.05, 0) is 48.7 Å². The highest BCUT2D eigenvalue weighted by molar-refractivity contribution is 7.98. The Labute approximate surface area is 131 Å². The highest BCUT2D eigenvalue weighted by atomic mass is 32.2. The van der Waals surface area contributed by atoms with Gasteiger partial charge in [0, 0.05) is 27.9 Å². The Morgan fingerprint density at radius 2 is 1.95 bits per heavy atom. The largest absolute Gasteiger partial charge is 0.443 e. The molecule has 0 saturated carbocycles. The minimum Gasteiger partial charge on any atom is -0.443 e. The smallest absolute Gasteiger partial charge is 0.181 e. The molecule has 0 spiro atoms. The van der Waals surface area contributed by atoms with E-state index in [-0.39, 0.29) is 0 Å². The molecule has 0 unspecified atom stereocenters. The number of nitrogens with zero attached hydrogens (tertiary/aromatic N) is 2. The van der Waals surface area contributed by atoms with Crippen LogP contribution in [0, 0.1) is 0 Å². The summed E-state index contributed by atoms with van der Waals surface area (Å²) in [5.74, 6) is 0. The Morgan fingerprint density at radius 3 is 2.86 bits per heavy atom. The SMILES string of the molecule is CSc1ccc2nccc(Nc3ccc4ocnc4c3)c2c1. The number of anilines is 2. The van der Waals surface area contributed by atoms with Gasteiger partial charge in [0.2, 0.25) is 0 Å². The number of rotatable bonds is 3. The number of nitrogens with one attached hydrogen (secondary N) is 1. The maximum absolute atomic E-state index is 5.27. The van der Waals surface area contributed by atoms with E-state index in [1.54, 1.807) is 11.8 Å². The summed E-state index contributed by atoms with van der Waals surface area (Å²) < 4.78 is 5.27. The van der Waals surface area contributed by atoms with Crippen LogP contribution in [0.25, 0.3) is 22.0 Å². The summed E-state index contributed by atoms with van der Waals surface area (Å²) >= 11 is 1.72. The minimum atomic E-state index is 0.787. The Kier molecular flexibility index (Phi) is 3.20. The summed E-state index contributed by atoms with van der Waals surface area (Å²) in [6, 6.07) is 14.2. The molecular formula is C17H13N3OS. The van der Waals surface area contributed by atoms with Gasteiger partial charge in [-0.25, -0.2) is 4.98 Å². The third-order valence-corrected chi connectivity index (χ3v) is 4.28. The Balaban J connectivity index is 1.79. The molecule has 0 aliphatic rings. The van der Waals surface area contributed by atoms with Gasteiger partial charge in [-0.2, -0.15) is 0 Å². The summed E-state index contributed by atoms with van der Waals surface area (Å²) in [6.07, 6.45) is 5.35. The fraction of sp³-hybridized carbons (Fsp3) is 0.0588. The van der Waals surface area contributed by atoms with Crippen LogP contribution in [0.1, 0.15) is 0 Å². The van der Waals surface area contributed by atoms with E-state index in [2.05, 4.69) is 33.7 Å². The van der Waals surface area contributed by atoms with E-state index in [9.17, 15) is 0 Å². The number of thioether (sulfide) groups is 1. The zero-order valence-corrected chi connectivity index (χ0v) is 12.7. The lowest BCUT2D eigenvalue weighted by molar-refractivity contribution is 0.602. The third-order valence-electron chi connectivity index (χ3n) is 3.56. The summed E-state index contributed by atoms with van der Waals surface area (Å²) in [5, 5.41) is 4.56. The second-order valence-corrected chi connectivity index (χ2v) is 5.78. The number of hydrogen-bond donors (Lipinski definition) is 1. The Bertz CT molecular complexity index is 964. The van der Waals surface area contributed by atoms with Gasteiger partial charge in [-0.3, -0.25) is 4.98 Å². The van der Waals surface area contributed by atoms with Gasteiger partial charge >= 0.3 is 0 Å². The lowest BCUT2D eigenvalue weighted by atomic mass is 10.2. The number of pyridine rings is 1. The first-order valence-corrected chi connectivity index (χ1v) is 8.09. The normalized spacial score (nSPS) is 11.1. The van der Waals surface area contributed by atoms with Gasteiger partial charge in [0.15, 0.2) is 12.0 Å². The van der Waals surface area contributed by atoms with Crippen LogP contribution in [-0.4, -0.2) is 16.2 Å². The summed E-state index contributed by atoms with van der Waals surface area (Å²) in [5.41, 5.74) is 4.61. The average Bonchev–Trinajstić information content (AvgIpc) is 3.02. The van der Waals surface area contributed by atoms with Crippen LogP contribution < -0.4 is 5.32 Å². The van der Waals surface area contributed by atoms with E-state index >= 15 is 0 Å². The van der Waals surface area contributed by atoms with Crippen molar-refractivity contribution in [2.75, 3.05) is 11.6 Å². The molecule has 0 fully saturated rings.